The first-order chi connectivity index (χ1) is 14.0. The molecule has 1 aliphatic heterocycles. The lowest BCUT2D eigenvalue weighted by molar-refractivity contribution is -0.145. The van der Waals surface area contributed by atoms with Crippen molar-refractivity contribution >= 4 is 17.4 Å². The van der Waals surface area contributed by atoms with Crippen molar-refractivity contribution in [1.82, 2.24) is 0 Å². The number of halogens is 1. The molecule has 0 saturated heterocycles. The second-order valence-corrected chi connectivity index (χ2v) is 10.2. The molecule has 5 fully saturated rings. The summed E-state index contributed by atoms with van der Waals surface area (Å²) < 4.78 is 10.8. The third kappa shape index (κ3) is 2.23. The molecule has 148 valence electrons. The van der Waals surface area contributed by atoms with E-state index < -0.39 is 17.3 Å². The Bertz CT molecular complexity index is 971. The van der Waals surface area contributed by atoms with Gasteiger partial charge in [0.15, 0.2) is 16.9 Å². The van der Waals surface area contributed by atoms with Crippen LogP contribution < -0.4 is 9.47 Å². The molecule has 5 saturated carbocycles. The molecule has 0 N–H and O–H groups in total. The van der Waals surface area contributed by atoms with Crippen molar-refractivity contribution in [3.8, 4) is 23.6 Å². The molecule has 0 spiro atoms. The van der Waals surface area contributed by atoms with E-state index in [1.807, 2.05) is 0 Å². The number of nitriles is 2. The lowest BCUT2D eigenvalue weighted by Gasteiger charge is -2.56. The highest BCUT2D eigenvalue weighted by atomic mass is 35.5. The fourth-order valence-electron chi connectivity index (χ4n) is 7.39. The van der Waals surface area contributed by atoms with E-state index in [1.165, 1.54) is 19.3 Å². The average molecular weight is 409 g/mol. The summed E-state index contributed by atoms with van der Waals surface area (Å²) >= 11 is 6.51. The van der Waals surface area contributed by atoms with Gasteiger partial charge in [-0.25, -0.2) is 0 Å². The monoisotopic (exact) mass is 408 g/mol. The van der Waals surface area contributed by atoms with Gasteiger partial charge < -0.3 is 9.47 Å². The van der Waals surface area contributed by atoms with Crippen molar-refractivity contribution in [3.05, 3.63) is 22.7 Å². The van der Waals surface area contributed by atoms with Crippen LogP contribution in [0.4, 0.5) is 0 Å². The molecule has 0 radical (unpaired) electrons. The summed E-state index contributed by atoms with van der Waals surface area (Å²) in [5.41, 5.74) is -1.02. The minimum absolute atomic E-state index is 0.122. The first-order valence-corrected chi connectivity index (χ1v) is 10.8. The summed E-state index contributed by atoms with van der Waals surface area (Å²) in [5.74, 6) is 2.05. The van der Waals surface area contributed by atoms with Crippen molar-refractivity contribution in [2.24, 2.45) is 34.5 Å². The van der Waals surface area contributed by atoms with Crippen molar-refractivity contribution in [2.45, 2.75) is 44.4 Å². The summed E-state index contributed by atoms with van der Waals surface area (Å²) in [6.45, 7) is 0.122. The number of ether oxygens (including phenoxy) is 2. The van der Waals surface area contributed by atoms with Crippen LogP contribution in [0.15, 0.2) is 12.1 Å². The van der Waals surface area contributed by atoms with Crippen LogP contribution in [0.3, 0.4) is 0 Å². The lowest BCUT2D eigenvalue weighted by Crippen LogP contribution is -2.50. The zero-order valence-electron chi connectivity index (χ0n) is 16.0. The molecule has 0 aromatic heterocycles. The Morgan fingerprint density at radius 3 is 2.10 bits per heavy atom. The van der Waals surface area contributed by atoms with Crippen LogP contribution in [0.1, 0.15) is 50.0 Å². The van der Waals surface area contributed by atoms with Gasteiger partial charge in [-0.3, -0.25) is 4.79 Å². The molecule has 5 nitrogen and oxygen atoms in total. The Morgan fingerprint density at radius 1 is 1.00 bits per heavy atom. The Labute approximate surface area is 174 Å². The van der Waals surface area contributed by atoms with E-state index in [0.717, 1.165) is 19.3 Å². The summed E-state index contributed by atoms with van der Waals surface area (Å²) in [6, 6.07) is 7.82. The Morgan fingerprint density at radius 2 is 1.55 bits per heavy atom. The normalized spacial score (nSPS) is 39.6. The van der Waals surface area contributed by atoms with E-state index in [4.69, 9.17) is 21.1 Å². The van der Waals surface area contributed by atoms with E-state index in [1.54, 1.807) is 12.1 Å². The first kappa shape index (κ1) is 17.6. The first-order valence-electron chi connectivity index (χ1n) is 10.5. The molecule has 1 heterocycles. The number of hydrogen-bond donors (Lipinski definition) is 0. The fraction of sp³-hybridized carbons (Fsp3) is 0.609. The predicted molar refractivity (Wildman–Crippen MR) is 103 cm³/mol. The topological polar surface area (TPSA) is 83.1 Å². The Kier molecular flexibility index (Phi) is 3.44. The number of Topliss-reactive ketones (excluding diaryl/α,β-unsaturated/α-hetero) is 1. The maximum Gasteiger partial charge on any atom is 0.231 e. The van der Waals surface area contributed by atoms with Gasteiger partial charge in [0.25, 0.3) is 0 Å². The number of hydrogen-bond acceptors (Lipinski definition) is 5. The summed E-state index contributed by atoms with van der Waals surface area (Å²) in [7, 11) is 0. The molecule has 6 heteroatoms. The third-order valence-electron chi connectivity index (χ3n) is 8.25. The molecule has 0 amide bonds. The number of fused-ring (bicyclic) bond motifs is 1. The highest BCUT2D eigenvalue weighted by Gasteiger charge is 2.74. The van der Waals surface area contributed by atoms with Gasteiger partial charge in [0.05, 0.1) is 18.1 Å². The van der Waals surface area contributed by atoms with Gasteiger partial charge in [0, 0.05) is 22.4 Å². The summed E-state index contributed by atoms with van der Waals surface area (Å²) in [6.07, 6.45) is 6.54. The van der Waals surface area contributed by atoms with Crippen LogP contribution in [-0.4, -0.2) is 12.6 Å². The van der Waals surface area contributed by atoms with Crippen LogP contribution in [0, 0.1) is 57.2 Å². The van der Waals surface area contributed by atoms with Gasteiger partial charge in [-0.15, -0.1) is 0 Å². The quantitative estimate of drug-likeness (QED) is 0.729. The average Bonchev–Trinajstić information content (AvgIpc) is 3.14. The number of carbonyl (C=O) groups excluding carboxylic acids is 1. The molecule has 2 atom stereocenters. The number of ketones is 1. The number of carbonyl (C=O) groups is 1. The van der Waals surface area contributed by atoms with Gasteiger partial charge in [0.2, 0.25) is 6.79 Å². The van der Waals surface area contributed by atoms with Crippen LogP contribution in [-0.2, 0) is 4.79 Å². The van der Waals surface area contributed by atoms with Gasteiger partial charge in [-0.2, -0.15) is 10.5 Å². The summed E-state index contributed by atoms with van der Waals surface area (Å²) in [4.78, 5) is 13.9. The van der Waals surface area contributed by atoms with E-state index in [-0.39, 0.29) is 18.0 Å². The SMILES string of the molecule is N#CC1(C#N)[C@H](C(=O)C23CC4CC(CC(C4)C2)C3)[C@H]1c1cc2c(cc1Cl)OCO2. The zero-order chi connectivity index (χ0) is 20.0. The number of nitrogens with zero attached hydrogens (tertiary/aromatic N) is 2. The predicted octanol–water partition coefficient (Wildman–Crippen LogP) is 4.60. The van der Waals surface area contributed by atoms with E-state index >= 15 is 0 Å². The van der Waals surface area contributed by atoms with Crippen LogP contribution in [0.5, 0.6) is 11.5 Å². The maximum absolute atomic E-state index is 13.9. The molecule has 0 unspecified atom stereocenters. The molecule has 6 aliphatic rings. The fourth-order valence-corrected chi connectivity index (χ4v) is 7.66. The molecule has 5 aliphatic carbocycles. The van der Waals surface area contributed by atoms with E-state index in [9.17, 15) is 15.3 Å². The largest absolute Gasteiger partial charge is 0.454 e. The second-order valence-electron chi connectivity index (χ2n) is 9.84. The standard InChI is InChI=1S/C23H21ClN2O3/c24-16-5-18-17(28-11-29-18)4-15(16)19-20(23(19,9-25)10-26)21(27)22-6-12-1-13(7-22)3-14(2-12)8-22/h4-5,12-14,19-20H,1-3,6-8,11H2/t12?,13?,14?,19-,20+,22?/m1/s1. The van der Waals surface area contributed by atoms with Crippen LogP contribution >= 0.6 is 11.6 Å². The minimum Gasteiger partial charge on any atom is -0.454 e. The van der Waals surface area contributed by atoms with E-state index in [0.29, 0.717) is 39.8 Å². The van der Waals surface area contributed by atoms with E-state index in [2.05, 4.69) is 12.1 Å². The van der Waals surface area contributed by atoms with Gasteiger partial charge in [0.1, 0.15) is 5.78 Å². The lowest BCUT2D eigenvalue weighted by atomic mass is 9.48. The molecule has 4 bridgehead atoms. The molecular weight excluding hydrogens is 388 g/mol. The summed E-state index contributed by atoms with van der Waals surface area (Å²) in [5, 5.41) is 20.3. The van der Waals surface area contributed by atoms with Crippen molar-refractivity contribution < 1.29 is 14.3 Å². The minimum atomic E-state index is -1.34. The molecule has 29 heavy (non-hydrogen) atoms. The van der Waals surface area contributed by atoms with Gasteiger partial charge in [-0.05, 0) is 67.9 Å². The smallest absolute Gasteiger partial charge is 0.231 e. The second kappa shape index (κ2) is 5.67. The van der Waals surface area contributed by atoms with Crippen LogP contribution in [0.25, 0.3) is 0 Å². The number of benzene rings is 1. The van der Waals surface area contributed by atoms with Crippen molar-refractivity contribution in [3.63, 3.8) is 0 Å². The highest BCUT2D eigenvalue weighted by molar-refractivity contribution is 6.31. The number of rotatable bonds is 3. The van der Waals surface area contributed by atoms with Gasteiger partial charge >= 0.3 is 0 Å². The molecule has 1 aromatic rings. The van der Waals surface area contributed by atoms with Gasteiger partial charge in [-0.1, -0.05) is 11.6 Å². The van der Waals surface area contributed by atoms with Crippen LogP contribution in [0.2, 0.25) is 5.02 Å². The Balaban J connectivity index is 1.39. The highest BCUT2D eigenvalue weighted by Crippen LogP contribution is 2.71. The van der Waals surface area contributed by atoms with Crippen molar-refractivity contribution in [1.29, 1.82) is 10.5 Å². The maximum atomic E-state index is 13.9. The molecule has 7 rings (SSSR count). The zero-order valence-corrected chi connectivity index (χ0v) is 16.7. The Hall–Kier alpha value is -2.24. The molecule has 1 aromatic carbocycles. The third-order valence-corrected chi connectivity index (χ3v) is 8.57. The molecular formula is C23H21ClN2O3. The van der Waals surface area contributed by atoms with Crippen molar-refractivity contribution in [2.75, 3.05) is 6.79 Å².